The van der Waals surface area contributed by atoms with E-state index in [1.165, 1.54) is 19.3 Å². The molecule has 0 radical (unpaired) electrons. The summed E-state index contributed by atoms with van der Waals surface area (Å²) in [5, 5.41) is 18.8. The fraction of sp³-hybridized carbons (Fsp3) is 0.632. The number of aliphatic hydroxyl groups is 1. The van der Waals surface area contributed by atoms with Gasteiger partial charge < -0.3 is 15.6 Å². The summed E-state index contributed by atoms with van der Waals surface area (Å²) in [6, 6.07) is 7.67. The molecule has 0 saturated carbocycles. The number of unbranched alkanes of at least 4 members (excludes halogenated alkanes) is 4. The van der Waals surface area contributed by atoms with Crippen LogP contribution < -0.4 is 10.5 Å². The third kappa shape index (κ3) is 8.25. The molecule has 3 N–H and O–H groups in total. The molecule has 0 saturated heterocycles. The minimum atomic E-state index is -0.960. The van der Waals surface area contributed by atoms with Gasteiger partial charge in [-0.3, -0.25) is 4.52 Å². The van der Waals surface area contributed by atoms with E-state index in [0.717, 1.165) is 18.4 Å². The number of nitriles is 1. The molecule has 26 heavy (non-hydrogen) atoms. The van der Waals surface area contributed by atoms with Crippen LogP contribution in [0.25, 0.3) is 0 Å². The minimum Gasteiger partial charge on any atom is -0.492 e. The fourth-order valence-electron chi connectivity index (χ4n) is 2.58. The summed E-state index contributed by atoms with van der Waals surface area (Å²) >= 11 is 0. The average molecular weight is 380 g/mol. The van der Waals surface area contributed by atoms with E-state index in [4.69, 9.17) is 15.0 Å². The van der Waals surface area contributed by atoms with Crippen LogP contribution in [-0.2, 0) is 15.5 Å². The Kier molecular flexibility index (Phi) is 11.1. The van der Waals surface area contributed by atoms with Crippen LogP contribution in [0.5, 0.6) is 5.75 Å². The van der Waals surface area contributed by atoms with Crippen molar-refractivity contribution in [2.45, 2.75) is 57.4 Å². The van der Waals surface area contributed by atoms with Gasteiger partial charge in [-0.1, -0.05) is 38.7 Å². The van der Waals surface area contributed by atoms with E-state index in [-0.39, 0.29) is 13.2 Å². The first-order valence-corrected chi connectivity index (χ1v) is 9.81. The Balaban J connectivity index is 2.56. The first-order chi connectivity index (χ1) is 12.6. The first kappa shape index (κ1) is 22.5. The molecule has 7 heteroatoms. The molecule has 1 rings (SSSR count). The van der Waals surface area contributed by atoms with Crippen LogP contribution in [0.1, 0.15) is 56.6 Å². The molecular weight excluding hydrogens is 351 g/mol. The Hall–Kier alpha value is -1.51. The van der Waals surface area contributed by atoms with Gasteiger partial charge in [-0.15, -0.1) is 0 Å². The van der Waals surface area contributed by atoms with Gasteiger partial charge in [-0.25, -0.2) is 4.57 Å². The van der Waals surface area contributed by atoms with Crippen molar-refractivity contribution in [1.82, 2.24) is 0 Å². The number of benzene rings is 1. The van der Waals surface area contributed by atoms with Crippen molar-refractivity contribution in [2.24, 2.45) is 5.73 Å². The summed E-state index contributed by atoms with van der Waals surface area (Å²) in [7, 11) is -0.457. The molecule has 0 aliphatic rings. The lowest BCUT2D eigenvalue weighted by Crippen LogP contribution is -2.47. The van der Waals surface area contributed by atoms with Crippen LogP contribution >= 0.6 is 8.69 Å². The highest BCUT2D eigenvalue weighted by molar-refractivity contribution is 7.17. The van der Waals surface area contributed by atoms with E-state index in [1.54, 1.807) is 6.07 Å². The van der Waals surface area contributed by atoms with Crippen molar-refractivity contribution in [3.8, 4) is 11.8 Å². The summed E-state index contributed by atoms with van der Waals surface area (Å²) in [4.78, 5) is 0. The van der Waals surface area contributed by atoms with Gasteiger partial charge in [0.1, 0.15) is 11.8 Å². The standard InChI is InChI=1S/C19H29N2O4P/c1-2-3-4-5-6-11-24-18-8-7-16(12-17(18)13-20)9-10-19(21,14-22)15-25-26-23/h7-8,12,22H,2-6,9-11,14-15,21H2,1H3. The Morgan fingerprint density at radius 3 is 2.73 bits per heavy atom. The zero-order valence-electron chi connectivity index (χ0n) is 15.4. The molecule has 6 nitrogen and oxygen atoms in total. The molecule has 0 aliphatic heterocycles. The lowest BCUT2D eigenvalue weighted by atomic mass is 9.93. The van der Waals surface area contributed by atoms with Gasteiger partial charge in [-0.2, -0.15) is 5.26 Å². The summed E-state index contributed by atoms with van der Waals surface area (Å²) in [5.41, 5.74) is 6.51. The molecule has 1 atom stereocenters. The summed E-state index contributed by atoms with van der Waals surface area (Å²) in [5.74, 6) is 0.599. The van der Waals surface area contributed by atoms with E-state index >= 15 is 0 Å². The Morgan fingerprint density at radius 2 is 2.08 bits per heavy atom. The molecule has 144 valence electrons. The van der Waals surface area contributed by atoms with Crippen LogP contribution in [0.3, 0.4) is 0 Å². The number of nitrogens with zero attached hydrogens (tertiary/aromatic N) is 1. The van der Waals surface area contributed by atoms with Crippen molar-refractivity contribution in [3.05, 3.63) is 29.3 Å². The maximum Gasteiger partial charge on any atom is 0.327 e. The van der Waals surface area contributed by atoms with Crippen molar-refractivity contribution < 1.29 is 18.9 Å². The smallest absolute Gasteiger partial charge is 0.327 e. The molecule has 0 fully saturated rings. The highest BCUT2D eigenvalue weighted by Gasteiger charge is 2.24. The average Bonchev–Trinajstić information content (AvgIpc) is 2.67. The van der Waals surface area contributed by atoms with Crippen LogP contribution in [0.2, 0.25) is 0 Å². The Bertz CT molecular complexity index is 591. The highest BCUT2D eigenvalue weighted by atomic mass is 31.1. The number of hydrogen-bond donors (Lipinski definition) is 2. The lowest BCUT2D eigenvalue weighted by molar-refractivity contribution is 0.133. The topological polar surface area (TPSA) is 106 Å². The van der Waals surface area contributed by atoms with Crippen LogP contribution in [0.4, 0.5) is 0 Å². The van der Waals surface area contributed by atoms with Crippen molar-refractivity contribution in [1.29, 1.82) is 5.26 Å². The van der Waals surface area contributed by atoms with E-state index in [2.05, 4.69) is 13.0 Å². The van der Waals surface area contributed by atoms with Gasteiger partial charge in [0, 0.05) is 0 Å². The Labute approximate surface area is 157 Å². The fourth-order valence-corrected chi connectivity index (χ4v) is 2.89. The molecule has 1 unspecified atom stereocenters. The highest BCUT2D eigenvalue weighted by Crippen LogP contribution is 2.22. The van der Waals surface area contributed by atoms with E-state index in [9.17, 15) is 14.9 Å². The summed E-state index contributed by atoms with van der Waals surface area (Å²) in [6.45, 7) is 2.52. The number of ether oxygens (including phenoxy) is 1. The molecular formula is C19H29N2O4P. The van der Waals surface area contributed by atoms with Gasteiger partial charge in [0.15, 0.2) is 0 Å². The van der Waals surface area contributed by atoms with Crippen LogP contribution in [-0.4, -0.2) is 30.5 Å². The van der Waals surface area contributed by atoms with Gasteiger partial charge in [0.05, 0.1) is 30.9 Å². The van der Waals surface area contributed by atoms with Crippen LogP contribution in [0, 0.1) is 11.3 Å². The maximum atomic E-state index is 10.4. The molecule has 0 spiro atoms. The Morgan fingerprint density at radius 1 is 1.31 bits per heavy atom. The van der Waals surface area contributed by atoms with E-state index < -0.39 is 14.2 Å². The number of hydrogen-bond acceptors (Lipinski definition) is 6. The van der Waals surface area contributed by atoms with Gasteiger partial charge in [0.2, 0.25) is 0 Å². The summed E-state index contributed by atoms with van der Waals surface area (Å²) in [6.07, 6.45) is 6.81. The molecule has 0 aliphatic carbocycles. The predicted molar refractivity (Wildman–Crippen MR) is 101 cm³/mol. The zero-order chi connectivity index (χ0) is 19.3. The molecule has 0 amide bonds. The largest absolute Gasteiger partial charge is 0.492 e. The third-order valence-corrected chi connectivity index (χ3v) is 4.54. The lowest BCUT2D eigenvalue weighted by Gasteiger charge is -2.25. The quantitative estimate of drug-likeness (QED) is 0.376. The number of aliphatic hydroxyl groups excluding tert-OH is 1. The molecule has 1 aromatic rings. The van der Waals surface area contributed by atoms with Gasteiger partial charge in [0.25, 0.3) is 0 Å². The zero-order valence-corrected chi connectivity index (χ0v) is 16.3. The maximum absolute atomic E-state index is 10.4. The third-order valence-electron chi connectivity index (χ3n) is 4.30. The monoisotopic (exact) mass is 380 g/mol. The van der Waals surface area contributed by atoms with Crippen LogP contribution in [0.15, 0.2) is 18.2 Å². The molecule has 0 heterocycles. The number of rotatable bonds is 14. The van der Waals surface area contributed by atoms with Gasteiger partial charge in [-0.05, 0) is 37.0 Å². The minimum absolute atomic E-state index is 0.00110. The summed E-state index contributed by atoms with van der Waals surface area (Å²) < 4.78 is 20.9. The van der Waals surface area contributed by atoms with Gasteiger partial charge >= 0.3 is 8.69 Å². The first-order valence-electron chi connectivity index (χ1n) is 9.08. The van der Waals surface area contributed by atoms with E-state index in [0.29, 0.717) is 30.8 Å². The second-order valence-corrected chi connectivity index (χ2v) is 6.98. The second-order valence-electron chi connectivity index (χ2n) is 6.57. The number of aryl methyl sites for hydroxylation is 1. The van der Waals surface area contributed by atoms with Crippen molar-refractivity contribution in [3.63, 3.8) is 0 Å². The SMILES string of the molecule is CCCCCCCOc1ccc(CCC(N)(CO)COP=O)cc1C#N. The predicted octanol–water partition coefficient (Wildman–Crippen LogP) is 3.75. The van der Waals surface area contributed by atoms with E-state index in [1.807, 2.05) is 12.1 Å². The number of nitrogens with two attached hydrogens (primary N) is 1. The van der Waals surface area contributed by atoms with Crippen molar-refractivity contribution >= 4 is 8.69 Å². The second kappa shape index (κ2) is 12.8. The molecule has 0 bridgehead atoms. The molecule has 0 aromatic heterocycles. The molecule has 1 aromatic carbocycles. The van der Waals surface area contributed by atoms with Crippen molar-refractivity contribution in [2.75, 3.05) is 19.8 Å². The normalized spacial score (nSPS) is 13.3.